The molecule has 0 aliphatic carbocycles. The summed E-state index contributed by atoms with van der Waals surface area (Å²) in [4.78, 5) is 16.6. The van der Waals surface area contributed by atoms with Crippen LogP contribution in [0.2, 0.25) is 5.02 Å². The van der Waals surface area contributed by atoms with Crippen LogP contribution in [0.3, 0.4) is 0 Å². The first-order chi connectivity index (χ1) is 15.1. The molecule has 0 unspecified atom stereocenters. The van der Waals surface area contributed by atoms with Crippen molar-refractivity contribution >= 4 is 29.3 Å². The van der Waals surface area contributed by atoms with Gasteiger partial charge in [0.15, 0.2) is 11.0 Å². The maximum Gasteiger partial charge on any atom is 0.230 e. The highest BCUT2D eigenvalue weighted by molar-refractivity contribution is 7.99. The highest BCUT2D eigenvalue weighted by atomic mass is 35.5. The van der Waals surface area contributed by atoms with Gasteiger partial charge in [-0.25, -0.2) is 0 Å². The van der Waals surface area contributed by atoms with Crippen LogP contribution in [0.25, 0.3) is 17.1 Å². The number of para-hydroxylation sites is 1. The second kappa shape index (κ2) is 9.76. The summed E-state index contributed by atoms with van der Waals surface area (Å²) in [7, 11) is 0. The van der Waals surface area contributed by atoms with E-state index in [0.717, 1.165) is 22.5 Å². The number of benzene rings is 2. The molecule has 2 aromatic carbocycles. The molecule has 6 nitrogen and oxygen atoms in total. The molecule has 0 aliphatic rings. The van der Waals surface area contributed by atoms with Gasteiger partial charge in [-0.15, -0.1) is 10.2 Å². The SMILES string of the molecule is Cc1ccccc1-n1c(SCC(=O)NCc2ccccn2)nnc1-c1ccc(Cl)cc1. The monoisotopic (exact) mass is 449 g/mol. The largest absolute Gasteiger partial charge is 0.350 e. The minimum atomic E-state index is -0.0944. The maximum atomic E-state index is 12.4. The van der Waals surface area contributed by atoms with E-state index in [0.29, 0.717) is 22.5 Å². The summed E-state index contributed by atoms with van der Waals surface area (Å²) in [6.07, 6.45) is 1.71. The third kappa shape index (κ3) is 5.13. The molecule has 1 N–H and O–H groups in total. The number of aromatic nitrogens is 4. The zero-order valence-electron chi connectivity index (χ0n) is 16.8. The molecular weight excluding hydrogens is 430 g/mol. The van der Waals surface area contributed by atoms with Crippen molar-refractivity contribution in [2.45, 2.75) is 18.6 Å². The molecule has 4 aromatic rings. The Hall–Kier alpha value is -3.16. The normalized spacial score (nSPS) is 10.8. The van der Waals surface area contributed by atoms with Gasteiger partial charge in [0.1, 0.15) is 0 Å². The Morgan fingerprint density at radius 1 is 1.03 bits per heavy atom. The molecule has 0 fully saturated rings. The molecule has 31 heavy (non-hydrogen) atoms. The molecule has 0 aliphatic heterocycles. The van der Waals surface area contributed by atoms with Crippen LogP contribution in [-0.4, -0.2) is 31.4 Å². The van der Waals surface area contributed by atoms with Crippen LogP contribution < -0.4 is 5.32 Å². The molecule has 0 bridgehead atoms. The zero-order valence-corrected chi connectivity index (χ0v) is 18.4. The predicted molar refractivity (Wildman–Crippen MR) is 123 cm³/mol. The third-order valence-corrected chi connectivity index (χ3v) is 5.80. The lowest BCUT2D eigenvalue weighted by Gasteiger charge is -2.13. The van der Waals surface area contributed by atoms with E-state index >= 15 is 0 Å². The third-order valence-electron chi connectivity index (χ3n) is 4.62. The molecule has 8 heteroatoms. The molecule has 0 saturated heterocycles. The fourth-order valence-electron chi connectivity index (χ4n) is 3.05. The van der Waals surface area contributed by atoms with E-state index in [9.17, 15) is 4.79 Å². The number of carbonyl (C=O) groups excluding carboxylic acids is 1. The van der Waals surface area contributed by atoms with Gasteiger partial charge in [0.25, 0.3) is 0 Å². The highest BCUT2D eigenvalue weighted by Gasteiger charge is 2.18. The summed E-state index contributed by atoms with van der Waals surface area (Å²) < 4.78 is 1.98. The number of nitrogens with zero attached hydrogens (tertiary/aromatic N) is 4. The van der Waals surface area contributed by atoms with Gasteiger partial charge in [0.05, 0.1) is 23.7 Å². The molecule has 0 radical (unpaired) electrons. The molecule has 4 rings (SSSR count). The minimum Gasteiger partial charge on any atom is -0.350 e. The summed E-state index contributed by atoms with van der Waals surface area (Å²) in [6.45, 7) is 2.43. The van der Waals surface area contributed by atoms with Gasteiger partial charge in [-0.05, 0) is 55.0 Å². The summed E-state index contributed by atoms with van der Waals surface area (Å²) >= 11 is 7.39. The van der Waals surface area contributed by atoms with Crippen LogP contribution in [0.15, 0.2) is 78.1 Å². The lowest BCUT2D eigenvalue weighted by atomic mass is 10.1. The fourth-order valence-corrected chi connectivity index (χ4v) is 3.95. The van der Waals surface area contributed by atoms with Crippen molar-refractivity contribution in [2.24, 2.45) is 0 Å². The van der Waals surface area contributed by atoms with E-state index in [1.807, 2.05) is 78.2 Å². The van der Waals surface area contributed by atoms with Crippen LogP contribution in [0.1, 0.15) is 11.3 Å². The Morgan fingerprint density at radius 2 is 1.81 bits per heavy atom. The summed E-state index contributed by atoms with van der Waals surface area (Å²) in [5.41, 5.74) is 3.76. The Kier molecular flexibility index (Phi) is 6.64. The van der Waals surface area contributed by atoms with Crippen LogP contribution in [0.4, 0.5) is 0 Å². The topological polar surface area (TPSA) is 72.7 Å². The van der Waals surface area contributed by atoms with Gasteiger partial charge in [-0.2, -0.15) is 0 Å². The number of thioether (sulfide) groups is 1. The molecule has 1 amide bonds. The molecule has 2 aromatic heterocycles. The van der Waals surface area contributed by atoms with Crippen molar-refractivity contribution in [2.75, 3.05) is 5.75 Å². The molecule has 156 valence electrons. The maximum absolute atomic E-state index is 12.4. The number of amides is 1. The van der Waals surface area contributed by atoms with E-state index in [2.05, 4.69) is 20.5 Å². The number of nitrogens with one attached hydrogen (secondary N) is 1. The number of halogens is 1. The minimum absolute atomic E-state index is 0.0944. The van der Waals surface area contributed by atoms with Crippen molar-refractivity contribution < 1.29 is 4.79 Å². The number of carbonyl (C=O) groups is 1. The molecule has 0 saturated carbocycles. The fraction of sp³-hybridized carbons (Fsp3) is 0.130. The Bertz CT molecular complexity index is 1180. The van der Waals surface area contributed by atoms with E-state index < -0.39 is 0 Å². The summed E-state index contributed by atoms with van der Waals surface area (Å²) in [5, 5.41) is 13.0. The number of pyridine rings is 1. The van der Waals surface area contributed by atoms with Crippen LogP contribution in [0.5, 0.6) is 0 Å². The predicted octanol–water partition coefficient (Wildman–Crippen LogP) is 4.70. The van der Waals surface area contributed by atoms with Gasteiger partial charge >= 0.3 is 0 Å². The van der Waals surface area contributed by atoms with E-state index in [1.165, 1.54) is 11.8 Å². The second-order valence-electron chi connectivity index (χ2n) is 6.82. The highest BCUT2D eigenvalue weighted by Crippen LogP contribution is 2.30. The summed E-state index contributed by atoms with van der Waals surface area (Å²) in [6, 6.07) is 21.1. The number of rotatable bonds is 7. The van der Waals surface area contributed by atoms with Crippen molar-refractivity contribution in [3.05, 3.63) is 89.2 Å². The zero-order chi connectivity index (χ0) is 21.6. The first-order valence-electron chi connectivity index (χ1n) is 9.68. The average molecular weight is 450 g/mol. The second-order valence-corrected chi connectivity index (χ2v) is 8.20. The van der Waals surface area contributed by atoms with Gasteiger partial charge < -0.3 is 5.32 Å². The van der Waals surface area contributed by atoms with Crippen molar-refractivity contribution in [1.82, 2.24) is 25.1 Å². The van der Waals surface area contributed by atoms with E-state index in [-0.39, 0.29) is 11.7 Å². The molecule has 0 atom stereocenters. The number of aryl methyl sites for hydroxylation is 1. The first kappa shape index (κ1) is 21.1. The Balaban J connectivity index is 1.56. The van der Waals surface area contributed by atoms with Crippen LogP contribution >= 0.6 is 23.4 Å². The lowest BCUT2D eigenvalue weighted by Crippen LogP contribution is -2.25. The molecule has 2 heterocycles. The van der Waals surface area contributed by atoms with Gasteiger partial charge in [-0.3, -0.25) is 14.3 Å². The van der Waals surface area contributed by atoms with Crippen molar-refractivity contribution in [3.63, 3.8) is 0 Å². The van der Waals surface area contributed by atoms with Crippen LogP contribution in [-0.2, 0) is 11.3 Å². The van der Waals surface area contributed by atoms with Gasteiger partial charge in [-0.1, -0.05) is 47.6 Å². The Labute approximate surface area is 189 Å². The smallest absolute Gasteiger partial charge is 0.230 e. The lowest BCUT2D eigenvalue weighted by molar-refractivity contribution is -0.118. The van der Waals surface area contributed by atoms with Crippen molar-refractivity contribution in [1.29, 1.82) is 0 Å². The Morgan fingerprint density at radius 3 is 2.55 bits per heavy atom. The van der Waals surface area contributed by atoms with Crippen LogP contribution in [0, 0.1) is 6.92 Å². The number of hydrogen-bond acceptors (Lipinski definition) is 5. The molecule has 0 spiro atoms. The van der Waals surface area contributed by atoms with Gasteiger partial charge in [0.2, 0.25) is 5.91 Å². The van der Waals surface area contributed by atoms with Gasteiger partial charge in [0, 0.05) is 16.8 Å². The molecular formula is C23H20ClN5OS. The van der Waals surface area contributed by atoms with E-state index in [4.69, 9.17) is 11.6 Å². The van der Waals surface area contributed by atoms with E-state index in [1.54, 1.807) is 6.20 Å². The number of hydrogen-bond donors (Lipinski definition) is 1. The quantitative estimate of drug-likeness (QED) is 0.414. The standard InChI is InChI=1S/C23H20ClN5OS/c1-16-6-2-3-8-20(16)29-22(17-9-11-18(24)12-10-17)27-28-23(29)31-15-21(30)26-14-19-7-4-5-13-25-19/h2-13H,14-15H2,1H3,(H,26,30). The van der Waals surface area contributed by atoms with Crippen molar-refractivity contribution in [3.8, 4) is 17.1 Å². The average Bonchev–Trinajstić information content (AvgIpc) is 3.21. The summed E-state index contributed by atoms with van der Waals surface area (Å²) in [5.74, 6) is 0.822. The first-order valence-corrected chi connectivity index (χ1v) is 11.0.